The fourth-order valence-electron chi connectivity index (χ4n) is 2.94. The molecule has 5 nitrogen and oxygen atoms in total. The van der Waals surface area contributed by atoms with Crippen molar-refractivity contribution in [3.63, 3.8) is 0 Å². The van der Waals surface area contributed by atoms with Gasteiger partial charge < -0.3 is 15.7 Å². The maximum absolute atomic E-state index is 11.7. The number of rotatable bonds is 5. The maximum atomic E-state index is 11.7. The number of hydrogen-bond donors (Lipinski definition) is 3. The molecule has 2 aliphatic carbocycles. The monoisotopic (exact) mass is 268 g/mol. The smallest absolute Gasteiger partial charge is 0.314 e. The Hall–Kier alpha value is -1.26. The van der Waals surface area contributed by atoms with Crippen molar-refractivity contribution in [2.45, 2.75) is 51.4 Å². The highest BCUT2D eigenvalue weighted by Crippen LogP contribution is 2.36. The summed E-state index contributed by atoms with van der Waals surface area (Å²) in [6.07, 6.45) is 7.98. The van der Waals surface area contributed by atoms with Gasteiger partial charge in [0.1, 0.15) is 0 Å². The number of nitrogens with one attached hydrogen (secondary N) is 2. The summed E-state index contributed by atoms with van der Waals surface area (Å²) in [4.78, 5) is 23.1. The summed E-state index contributed by atoms with van der Waals surface area (Å²) in [5.74, 6) is -0.152. The van der Waals surface area contributed by atoms with Crippen molar-refractivity contribution in [1.82, 2.24) is 10.6 Å². The first-order valence-corrected chi connectivity index (χ1v) is 7.37. The molecule has 3 N–H and O–H groups in total. The van der Waals surface area contributed by atoms with E-state index in [-0.39, 0.29) is 12.6 Å². The van der Waals surface area contributed by atoms with Gasteiger partial charge in [0.2, 0.25) is 0 Å². The Morgan fingerprint density at radius 2 is 1.74 bits per heavy atom. The van der Waals surface area contributed by atoms with Gasteiger partial charge in [0.25, 0.3) is 0 Å². The van der Waals surface area contributed by atoms with Crippen molar-refractivity contribution in [2.75, 3.05) is 13.1 Å². The first-order valence-electron chi connectivity index (χ1n) is 7.37. The maximum Gasteiger partial charge on any atom is 0.314 e. The van der Waals surface area contributed by atoms with Crippen LogP contribution in [0.2, 0.25) is 0 Å². The lowest BCUT2D eigenvalue weighted by Gasteiger charge is -2.33. The number of urea groups is 1. The SMILES string of the molecule is O=C(NCC1CCC1)NCC1(C(=O)O)CCCCC1. The average molecular weight is 268 g/mol. The first kappa shape index (κ1) is 14.2. The van der Waals surface area contributed by atoms with E-state index in [0.717, 1.165) is 19.3 Å². The summed E-state index contributed by atoms with van der Waals surface area (Å²) < 4.78 is 0. The van der Waals surface area contributed by atoms with Crippen LogP contribution in [0.5, 0.6) is 0 Å². The molecule has 2 amide bonds. The van der Waals surface area contributed by atoms with E-state index < -0.39 is 11.4 Å². The zero-order chi connectivity index (χ0) is 13.7. The predicted molar refractivity (Wildman–Crippen MR) is 71.9 cm³/mol. The van der Waals surface area contributed by atoms with E-state index in [2.05, 4.69) is 10.6 Å². The van der Waals surface area contributed by atoms with Crippen LogP contribution in [0, 0.1) is 11.3 Å². The molecule has 0 heterocycles. The van der Waals surface area contributed by atoms with Crippen LogP contribution in [0.3, 0.4) is 0 Å². The fourth-order valence-corrected chi connectivity index (χ4v) is 2.94. The van der Waals surface area contributed by atoms with Crippen molar-refractivity contribution in [3.8, 4) is 0 Å². The van der Waals surface area contributed by atoms with Gasteiger partial charge in [-0.25, -0.2) is 4.79 Å². The number of amides is 2. The number of carbonyl (C=O) groups is 2. The van der Waals surface area contributed by atoms with Crippen LogP contribution in [-0.4, -0.2) is 30.2 Å². The van der Waals surface area contributed by atoms with Crippen molar-refractivity contribution in [3.05, 3.63) is 0 Å². The van der Waals surface area contributed by atoms with Crippen LogP contribution in [0.15, 0.2) is 0 Å². The van der Waals surface area contributed by atoms with Gasteiger partial charge in [0.05, 0.1) is 5.41 Å². The van der Waals surface area contributed by atoms with Gasteiger partial charge in [-0.3, -0.25) is 4.79 Å². The molecule has 0 spiro atoms. The largest absolute Gasteiger partial charge is 0.481 e. The molecule has 0 bridgehead atoms. The molecule has 5 heteroatoms. The van der Waals surface area contributed by atoms with E-state index in [0.29, 0.717) is 25.3 Å². The second kappa shape index (κ2) is 6.26. The summed E-state index contributed by atoms with van der Waals surface area (Å²) in [5, 5.41) is 15.0. The Morgan fingerprint density at radius 1 is 1.05 bits per heavy atom. The molecule has 0 atom stereocenters. The lowest BCUT2D eigenvalue weighted by molar-refractivity contribution is -0.150. The van der Waals surface area contributed by atoms with Gasteiger partial charge in [0.15, 0.2) is 0 Å². The van der Waals surface area contributed by atoms with Gasteiger partial charge in [0, 0.05) is 13.1 Å². The van der Waals surface area contributed by atoms with Crippen LogP contribution in [0.4, 0.5) is 4.79 Å². The van der Waals surface area contributed by atoms with Crippen LogP contribution in [-0.2, 0) is 4.79 Å². The Labute approximate surface area is 114 Å². The van der Waals surface area contributed by atoms with Crippen molar-refractivity contribution >= 4 is 12.0 Å². The third-order valence-corrected chi connectivity index (χ3v) is 4.63. The second-order valence-corrected chi connectivity index (χ2v) is 6.01. The predicted octanol–water partition coefficient (Wildman–Crippen LogP) is 2.12. The van der Waals surface area contributed by atoms with Crippen molar-refractivity contribution in [2.24, 2.45) is 11.3 Å². The van der Waals surface area contributed by atoms with Crippen LogP contribution in [0.1, 0.15) is 51.4 Å². The summed E-state index contributed by atoms with van der Waals surface area (Å²) >= 11 is 0. The van der Waals surface area contributed by atoms with Gasteiger partial charge in [-0.2, -0.15) is 0 Å². The van der Waals surface area contributed by atoms with E-state index in [9.17, 15) is 14.7 Å². The number of hydrogen-bond acceptors (Lipinski definition) is 2. The molecule has 108 valence electrons. The highest BCUT2D eigenvalue weighted by atomic mass is 16.4. The topological polar surface area (TPSA) is 78.4 Å². The summed E-state index contributed by atoms with van der Waals surface area (Å²) in [6, 6.07) is -0.224. The summed E-state index contributed by atoms with van der Waals surface area (Å²) in [6.45, 7) is 0.963. The highest BCUT2D eigenvalue weighted by molar-refractivity contribution is 5.78. The van der Waals surface area contributed by atoms with E-state index >= 15 is 0 Å². The Morgan fingerprint density at radius 3 is 2.26 bits per heavy atom. The summed E-state index contributed by atoms with van der Waals surface area (Å²) in [7, 11) is 0. The standard InChI is InChI=1S/C14H24N2O3/c17-12(18)14(7-2-1-3-8-14)10-16-13(19)15-9-11-5-4-6-11/h11H,1-10H2,(H,17,18)(H2,15,16,19). The molecular weight excluding hydrogens is 244 g/mol. The van der Waals surface area contributed by atoms with Gasteiger partial charge >= 0.3 is 12.0 Å². The molecule has 0 aromatic heterocycles. The second-order valence-electron chi connectivity index (χ2n) is 6.01. The Bertz CT molecular complexity index is 334. The molecule has 0 saturated heterocycles. The lowest BCUT2D eigenvalue weighted by Crippen LogP contribution is -2.48. The third kappa shape index (κ3) is 3.61. The number of carbonyl (C=O) groups excluding carboxylic acids is 1. The minimum atomic E-state index is -0.772. The van der Waals surface area contributed by atoms with Crippen LogP contribution >= 0.6 is 0 Å². The Balaban J connectivity index is 1.74. The van der Waals surface area contributed by atoms with Gasteiger partial charge in [-0.1, -0.05) is 25.7 Å². The van der Waals surface area contributed by atoms with Gasteiger partial charge in [-0.15, -0.1) is 0 Å². The van der Waals surface area contributed by atoms with Gasteiger partial charge in [-0.05, 0) is 31.6 Å². The molecule has 0 aliphatic heterocycles. The van der Waals surface area contributed by atoms with Crippen LogP contribution in [0.25, 0.3) is 0 Å². The number of carboxylic acid groups (broad SMARTS) is 1. The van der Waals surface area contributed by atoms with E-state index in [1.807, 2.05) is 0 Å². The molecule has 0 unspecified atom stereocenters. The fraction of sp³-hybridized carbons (Fsp3) is 0.857. The van der Waals surface area contributed by atoms with Crippen molar-refractivity contribution in [1.29, 1.82) is 0 Å². The molecule has 2 saturated carbocycles. The normalized spacial score (nSPS) is 22.3. The molecule has 0 aromatic carbocycles. The van der Waals surface area contributed by atoms with E-state index in [1.165, 1.54) is 19.3 Å². The van der Waals surface area contributed by atoms with Crippen molar-refractivity contribution < 1.29 is 14.7 Å². The molecule has 19 heavy (non-hydrogen) atoms. The third-order valence-electron chi connectivity index (χ3n) is 4.63. The molecule has 2 rings (SSSR count). The minimum absolute atomic E-state index is 0.224. The molecule has 2 aliphatic rings. The molecule has 0 radical (unpaired) electrons. The van der Waals surface area contributed by atoms with Crippen LogP contribution < -0.4 is 10.6 Å². The first-order chi connectivity index (χ1) is 9.12. The number of aliphatic carboxylic acids is 1. The Kier molecular flexibility index (Phi) is 4.66. The zero-order valence-electron chi connectivity index (χ0n) is 11.4. The summed E-state index contributed by atoms with van der Waals surface area (Å²) in [5.41, 5.74) is -0.744. The lowest BCUT2D eigenvalue weighted by atomic mass is 9.74. The molecule has 2 fully saturated rings. The minimum Gasteiger partial charge on any atom is -0.481 e. The highest BCUT2D eigenvalue weighted by Gasteiger charge is 2.39. The number of carboxylic acids is 1. The average Bonchev–Trinajstić information content (AvgIpc) is 2.35. The van der Waals surface area contributed by atoms with E-state index in [1.54, 1.807) is 0 Å². The molecule has 0 aromatic rings. The zero-order valence-corrected chi connectivity index (χ0v) is 11.4. The quantitative estimate of drug-likeness (QED) is 0.714. The van der Waals surface area contributed by atoms with E-state index in [4.69, 9.17) is 0 Å². The molecular formula is C14H24N2O3.